The van der Waals surface area contributed by atoms with Crippen LogP contribution in [0.4, 0.5) is 0 Å². The van der Waals surface area contributed by atoms with Crippen LogP contribution in [0, 0.1) is 6.92 Å². The van der Waals surface area contributed by atoms with Crippen molar-refractivity contribution in [1.29, 1.82) is 0 Å². The summed E-state index contributed by atoms with van der Waals surface area (Å²) < 4.78 is 0. The number of aromatic hydroxyl groups is 1. The zero-order chi connectivity index (χ0) is 25.4. The summed E-state index contributed by atoms with van der Waals surface area (Å²) in [7, 11) is 0. The topological polar surface area (TPSA) is 81.1 Å². The molecule has 1 aliphatic rings. The fourth-order valence-corrected chi connectivity index (χ4v) is 4.54. The van der Waals surface area contributed by atoms with Crippen LogP contribution in [0.25, 0.3) is 5.76 Å². The zero-order valence-corrected chi connectivity index (χ0v) is 21.2. The molecule has 3 rings (SSSR count). The number of Topliss-reactive ketones (excluding diaryl/α,β-unsaturated/α-hetero) is 1. The normalized spacial score (nSPS) is 17.5. The number of aliphatic hydroxyl groups excluding tert-OH is 1. The Balaban J connectivity index is 1.90. The predicted octanol–water partition coefficient (Wildman–Crippen LogP) is 5.41. The average Bonchev–Trinajstić information content (AvgIpc) is 3.10. The molecule has 6 heteroatoms. The number of ketones is 1. The highest BCUT2D eigenvalue weighted by Gasteiger charge is 2.45. The Bertz CT molecular complexity index is 1020. The number of rotatable bonds is 12. The molecule has 2 N–H and O–H groups in total. The van der Waals surface area contributed by atoms with Crippen LogP contribution in [0.5, 0.6) is 5.75 Å². The Hall–Kier alpha value is -3.12. The molecular formula is C29H38N2O4. The first-order valence-electron chi connectivity index (χ1n) is 12.7. The molecule has 6 nitrogen and oxygen atoms in total. The minimum atomic E-state index is -0.698. The number of hydrogen-bond donors (Lipinski definition) is 2. The lowest BCUT2D eigenvalue weighted by Gasteiger charge is -2.27. The Morgan fingerprint density at radius 1 is 0.886 bits per heavy atom. The Morgan fingerprint density at radius 3 is 2.03 bits per heavy atom. The van der Waals surface area contributed by atoms with E-state index in [9.17, 15) is 19.8 Å². The van der Waals surface area contributed by atoms with Crippen molar-refractivity contribution in [1.82, 2.24) is 9.80 Å². The second kappa shape index (κ2) is 12.5. The SMILES string of the molecule is CCCCN(CCCC)CCCN1C(=O)C(=O)C(=C(O)c2ccc(C)cc2)C1c1ccc(O)cc1. The van der Waals surface area contributed by atoms with E-state index in [1.807, 2.05) is 19.1 Å². The van der Waals surface area contributed by atoms with Crippen molar-refractivity contribution in [2.45, 2.75) is 58.9 Å². The van der Waals surface area contributed by atoms with Gasteiger partial charge in [0.05, 0.1) is 11.6 Å². The smallest absolute Gasteiger partial charge is 0.295 e. The molecule has 1 unspecified atom stereocenters. The first kappa shape index (κ1) is 26.5. The van der Waals surface area contributed by atoms with Crippen LogP contribution in [0.3, 0.4) is 0 Å². The number of carbonyl (C=O) groups excluding carboxylic acids is 2. The van der Waals surface area contributed by atoms with Crippen molar-refractivity contribution in [3.63, 3.8) is 0 Å². The second-order valence-electron chi connectivity index (χ2n) is 9.35. The quantitative estimate of drug-likeness (QED) is 0.242. The maximum Gasteiger partial charge on any atom is 0.295 e. The molecule has 0 saturated carbocycles. The number of benzene rings is 2. The van der Waals surface area contributed by atoms with E-state index >= 15 is 0 Å². The molecule has 1 heterocycles. The third kappa shape index (κ3) is 6.51. The number of phenols is 1. The van der Waals surface area contributed by atoms with Crippen molar-refractivity contribution in [2.24, 2.45) is 0 Å². The van der Waals surface area contributed by atoms with Gasteiger partial charge in [-0.25, -0.2) is 0 Å². The van der Waals surface area contributed by atoms with E-state index in [1.165, 1.54) is 0 Å². The summed E-state index contributed by atoms with van der Waals surface area (Å²) in [6.45, 7) is 9.64. The van der Waals surface area contributed by atoms with E-state index in [0.29, 0.717) is 17.7 Å². The van der Waals surface area contributed by atoms with Gasteiger partial charge < -0.3 is 20.0 Å². The third-order valence-electron chi connectivity index (χ3n) is 6.60. The first-order valence-corrected chi connectivity index (χ1v) is 12.7. The van der Waals surface area contributed by atoms with Gasteiger partial charge in [-0.2, -0.15) is 0 Å². The van der Waals surface area contributed by atoms with Crippen LogP contribution in [0.1, 0.15) is 68.7 Å². The number of amides is 1. The lowest BCUT2D eigenvalue weighted by molar-refractivity contribution is -0.140. The molecule has 35 heavy (non-hydrogen) atoms. The number of aryl methyl sites for hydroxylation is 1. The van der Waals surface area contributed by atoms with Gasteiger partial charge >= 0.3 is 0 Å². The fraction of sp³-hybridized carbons (Fsp3) is 0.448. The molecule has 2 aromatic carbocycles. The summed E-state index contributed by atoms with van der Waals surface area (Å²) in [5.41, 5.74) is 2.32. The van der Waals surface area contributed by atoms with E-state index in [2.05, 4.69) is 18.7 Å². The first-order chi connectivity index (χ1) is 16.9. The molecule has 1 saturated heterocycles. The molecule has 188 valence electrons. The van der Waals surface area contributed by atoms with E-state index in [-0.39, 0.29) is 17.1 Å². The maximum atomic E-state index is 13.2. The number of unbranched alkanes of at least 4 members (excludes halogenated alkanes) is 2. The van der Waals surface area contributed by atoms with Gasteiger partial charge in [-0.05, 0) is 63.5 Å². The van der Waals surface area contributed by atoms with Crippen LogP contribution in [-0.2, 0) is 9.59 Å². The molecule has 1 aliphatic heterocycles. The van der Waals surface area contributed by atoms with Crippen LogP contribution < -0.4 is 0 Å². The molecule has 0 radical (unpaired) electrons. The molecule has 0 spiro atoms. The molecule has 2 aromatic rings. The zero-order valence-electron chi connectivity index (χ0n) is 21.2. The van der Waals surface area contributed by atoms with Gasteiger partial charge in [-0.1, -0.05) is 68.7 Å². The largest absolute Gasteiger partial charge is 0.508 e. The third-order valence-corrected chi connectivity index (χ3v) is 6.60. The Labute approximate surface area is 208 Å². The molecule has 1 atom stereocenters. The highest BCUT2D eigenvalue weighted by molar-refractivity contribution is 6.46. The van der Waals surface area contributed by atoms with Gasteiger partial charge in [-0.3, -0.25) is 9.59 Å². The molecule has 0 aliphatic carbocycles. The van der Waals surface area contributed by atoms with Gasteiger partial charge in [0.1, 0.15) is 11.5 Å². The van der Waals surface area contributed by atoms with E-state index < -0.39 is 17.7 Å². The van der Waals surface area contributed by atoms with Gasteiger partial charge in [0.25, 0.3) is 11.7 Å². The number of aliphatic hydroxyl groups is 1. The van der Waals surface area contributed by atoms with Crippen LogP contribution in [0.2, 0.25) is 0 Å². The molecular weight excluding hydrogens is 440 g/mol. The maximum absolute atomic E-state index is 13.2. The standard InChI is InChI=1S/C29H38N2O4/c1-4-6-17-30(18-7-5-2)19-8-20-31-26(22-13-15-24(32)16-14-22)25(28(34)29(31)35)27(33)23-11-9-21(3)10-12-23/h9-16,26,32-33H,4-8,17-20H2,1-3H3. The fourth-order valence-electron chi connectivity index (χ4n) is 4.54. The summed E-state index contributed by atoms with van der Waals surface area (Å²) in [4.78, 5) is 30.3. The highest BCUT2D eigenvalue weighted by atomic mass is 16.3. The highest BCUT2D eigenvalue weighted by Crippen LogP contribution is 2.39. The number of likely N-dealkylation sites (tertiary alicyclic amines) is 1. The van der Waals surface area contributed by atoms with Crippen molar-refractivity contribution < 1.29 is 19.8 Å². The Morgan fingerprint density at radius 2 is 1.46 bits per heavy atom. The summed E-state index contributed by atoms with van der Waals surface area (Å²) in [6.07, 6.45) is 5.28. The predicted molar refractivity (Wildman–Crippen MR) is 139 cm³/mol. The molecule has 1 amide bonds. The second-order valence-corrected chi connectivity index (χ2v) is 9.35. The lowest BCUT2D eigenvalue weighted by atomic mass is 9.95. The Kier molecular flexibility index (Phi) is 9.49. The number of phenolic OH excluding ortho intramolecular Hbond substituents is 1. The van der Waals surface area contributed by atoms with Gasteiger partial charge in [-0.15, -0.1) is 0 Å². The van der Waals surface area contributed by atoms with Crippen LogP contribution >= 0.6 is 0 Å². The van der Waals surface area contributed by atoms with Gasteiger partial charge in [0.15, 0.2) is 0 Å². The number of nitrogens with zero attached hydrogens (tertiary/aromatic N) is 2. The van der Waals surface area contributed by atoms with Crippen LogP contribution in [-0.4, -0.2) is 57.9 Å². The van der Waals surface area contributed by atoms with Crippen molar-refractivity contribution in [2.75, 3.05) is 26.2 Å². The lowest BCUT2D eigenvalue weighted by Crippen LogP contribution is -2.34. The summed E-state index contributed by atoms with van der Waals surface area (Å²) >= 11 is 0. The molecule has 1 fully saturated rings. The van der Waals surface area contributed by atoms with Crippen molar-refractivity contribution in [3.8, 4) is 5.75 Å². The van der Waals surface area contributed by atoms with E-state index in [4.69, 9.17) is 0 Å². The summed E-state index contributed by atoms with van der Waals surface area (Å²) in [6, 6.07) is 13.0. The number of hydrogen-bond acceptors (Lipinski definition) is 5. The minimum Gasteiger partial charge on any atom is -0.508 e. The average molecular weight is 479 g/mol. The molecule has 0 aromatic heterocycles. The summed E-state index contributed by atoms with van der Waals surface area (Å²) in [5.74, 6) is -1.33. The van der Waals surface area contributed by atoms with E-state index in [1.54, 1.807) is 41.3 Å². The number of carbonyl (C=O) groups is 2. The van der Waals surface area contributed by atoms with Crippen LogP contribution in [0.15, 0.2) is 54.1 Å². The van der Waals surface area contributed by atoms with Gasteiger partial charge in [0.2, 0.25) is 0 Å². The monoisotopic (exact) mass is 478 g/mol. The van der Waals surface area contributed by atoms with Crippen molar-refractivity contribution >= 4 is 17.4 Å². The minimum absolute atomic E-state index is 0.0957. The van der Waals surface area contributed by atoms with Crippen molar-refractivity contribution in [3.05, 3.63) is 70.8 Å². The molecule has 0 bridgehead atoms. The van der Waals surface area contributed by atoms with Gasteiger partial charge in [0, 0.05) is 12.1 Å². The van der Waals surface area contributed by atoms with E-state index in [0.717, 1.165) is 57.3 Å². The summed E-state index contributed by atoms with van der Waals surface area (Å²) in [5, 5.41) is 20.9.